The molecule has 0 aromatic carbocycles. The van der Waals surface area contributed by atoms with Gasteiger partial charge in [0.2, 0.25) is 5.91 Å². The molecule has 0 aromatic rings. The van der Waals surface area contributed by atoms with E-state index >= 15 is 0 Å². The molecule has 0 saturated heterocycles. The lowest BCUT2D eigenvalue weighted by atomic mass is 10.1. The van der Waals surface area contributed by atoms with E-state index in [2.05, 4.69) is 0 Å². The smallest absolute Gasteiger partial charge is 0.231 e. The van der Waals surface area contributed by atoms with Crippen molar-refractivity contribution in [3.63, 3.8) is 0 Å². The van der Waals surface area contributed by atoms with Crippen LogP contribution in [0, 0.1) is 0 Å². The van der Waals surface area contributed by atoms with Gasteiger partial charge in [0.15, 0.2) is 0 Å². The second kappa shape index (κ2) is 4.94. The first-order valence-electron chi connectivity index (χ1n) is 4.73. The van der Waals surface area contributed by atoms with E-state index in [1.807, 2.05) is 20.8 Å². The SMILES string of the molecule is CC(C)(C)N(CCS(C)(=O)=O)CC(N)=O. The minimum atomic E-state index is -3.01. The van der Waals surface area contributed by atoms with Gasteiger partial charge in [-0.1, -0.05) is 0 Å². The zero-order valence-corrected chi connectivity index (χ0v) is 10.6. The molecular weight excluding hydrogens is 216 g/mol. The number of carbonyl (C=O) groups excluding carboxylic acids is 1. The zero-order chi connectivity index (χ0) is 12.3. The Kier molecular flexibility index (Phi) is 4.73. The monoisotopic (exact) mass is 236 g/mol. The molecule has 0 fully saturated rings. The summed E-state index contributed by atoms with van der Waals surface area (Å²) in [4.78, 5) is 12.6. The van der Waals surface area contributed by atoms with Crippen molar-refractivity contribution in [1.29, 1.82) is 0 Å². The van der Waals surface area contributed by atoms with Crippen LogP contribution >= 0.6 is 0 Å². The lowest BCUT2D eigenvalue weighted by Gasteiger charge is -2.34. The van der Waals surface area contributed by atoms with E-state index in [0.717, 1.165) is 0 Å². The summed E-state index contributed by atoms with van der Waals surface area (Å²) in [6.45, 7) is 6.15. The molecule has 0 atom stereocenters. The van der Waals surface area contributed by atoms with Crippen LogP contribution in [0.2, 0.25) is 0 Å². The summed E-state index contributed by atoms with van der Waals surface area (Å²) in [6.07, 6.45) is 1.18. The second-order valence-electron chi connectivity index (χ2n) is 4.69. The average Bonchev–Trinajstić information content (AvgIpc) is 1.93. The van der Waals surface area contributed by atoms with E-state index in [9.17, 15) is 13.2 Å². The molecule has 15 heavy (non-hydrogen) atoms. The third kappa shape index (κ3) is 7.33. The van der Waals surface area contributed by atoms with Gasteiger partial charge >= 0.3 is 0 Å². The number of nitrogens with two attached hydrogens (primary N) is 1. The molecule has 0 bridgehead atoms. The van der Waals surface area contributed by atoms with Crippen molar-refractivity contribution >= 4 is 15.7 Å². The fraction of sp³-hybridized carbons (Fsp3) is 0.889. The predicted octanol–water partition coefficient (Wildman–Crippen LogP) is -0.383. The van der Waals surface area contributed by atoms with Crippen LogP contribution in [-0.4, -0.2) is 49.9 Å². The highest BCUT2D eigenvalue weighted by Gasteiger charge is 2.23. The number of carbonyl (C=O) groups is 1. The lowest BCUT2D eigenvalue weighted by molar-refractivity contribution is -0.120. The normalized spacial score (nSPS) is 13.1. The van der Waals surface area contributed by atoms with Crippen LogP contribution in [0.4, 0.5) is 0 Å². The zero-order valence-electron chi connectivity index (χ0n) is 9.78. The number of rotatable bonds is 5. The predicted molar refractivity (Wildman–Crippen MR) is 60.2 cm³/mol. The van der Waals surface area contributed by atoms with Gasteiger partial charge in [-0.05, 0) is 20.8 Å². The molecule has 0 radical (unpaired) electrons. The summed E-state index contributed by atoms with van der Waals surface area (Å²) < 4.78 is 22.0. The molecule has 0 rings (SSSR count). The van der Waals surface area contributed by atoms with Crippen molar-refractivity contribution in [3.8, 4) is 0 Å². The molecule has 0 spiro atoms. The molecule has 0 aliphatic carbocycles. The van der Waals surface area contributed by atoms with Gasteiger partial charge in [-0.3, -0.25) is 9.69 Å². The molecule has 90 valence electrons. The van der Waals surface area contributed by atoms with Crippen molar-refractivity contribution < 1.29 is 13.2 Å². The molecule has 2 N–H and O–H groups in total. The summed E-state index contributed by atoms with van der Waals surface area (Å²) in [5.74, 6) is -0.407. The summed E-state index contributed by atoms with van der Waals surface area (Å²) >= 11 is 0. The summed E-state index contributed by atoms with van der Waals surface area (Å²) in [5, 5.41) is 0. The number of hydrogen-bond donors (Lipinski definition) is 1. The van der Waals surface area contributed by atoms with E-state index in [0.29, 0.717) is 6.54 Å². The van der Waals surface area contributed by atoms with Crippen molar-refractivity contribution in [2.24, 2.45) is 5.73 Å². The molecule has 0 aromatic heterocycles. The van der Waals surface area contributed by atoms with Gasteiger partial charge in [0.25, 0.3) is 0 Å². The first kappa shape index (κ1) is 14.4. The number of amides is 1. The summed E-state index contributed by atoms with van der Waals surface area (Å²) in [7, 11) is -3.01. The Balaban J connectivity index is 4.47. The Morgan fingerprint density at radius 1 is 1.33 bits per heavy atom. The van der Waals surface area contributed by atoms with Gasteiger partial charge in [0.1, 0.15) is 9.84 Å². The van der Waals surface area contributed by atoms with E-state index in [1.54, 1.807) is 4.90 Å². The Morgan fingerprint density at radius 2 is 1.80 bits per heavy atom. The van der Waals surface area contributed by atoms with Crippen molar-refractivity contribution in [3.05, 3.63) is 0 Å². The Labute approximate surface area is 91.5 Å². The van der Waals surface area contributed by atoms with Gasteiger partial charge in [-0.2, -0.15) is 0 Å². The third-order valence-corrected chi connectivity index (χ3v) is 2.95. The van der Waals surface area contributed by atoms with E-state index in [4.69, 9.17) is 5.73 Å². The maximum atomic E-state index is 11.0. The molecule has 0 unspecified atom stereocenters. The van der Waals surface area contributed by atoms with Crippen molar-refractivity contribution in [1.82, 2.24) is 4.90 Å². The Hall–Kier alpha value is -0.620. The lowest BCUT2D eigenvalue weighted by Crippen LogP contribution is -2.47. The van der Waals surface area contributed by atoms with E-state index in [-0.39, 0.29) is 17.8 Å². The van der Waals surface area contributed by atoms with Crippen molar-refractivity contribution in [2.75, 3.05) is 25.1 Å². The fourth-order valence-electron chi connectivity index (χ4n) is 1.12. The maximum Gasteiger partial charge on any atom is 0.231 e. The quantitative estimate of drug-likeness (QED) is 0.705. The van der Waals surface area contributed by atoms with Crippen LogP contribution in [0.5, 0.6) is 0 Å². The first-order valence-corrected chi connectivity index (χ1v) is 6.79. The third-order valence-electron chi connectivity index (χ3n) is 2.03. The first-order chi connectivity index (χ1) is 6.52. The molecule has 0 heterocycles. The van der Waals surface area contributed by atoms with Crippen LogP contribution in [0.1, 0.15) is 20.8 Å². The number of nitrogens with zero attached hydrogens (tertiary/aromatic N) is 1. The topological polar surface area (TPSA) is 80.5 Å². The van der Waals surface area contributed by atoms with E-state index < -0.39 is 15.7 Å². The number of sulfone groups is 1. The molecule has 0 aliphatic rings. The van der Waals surface area contributed by atoms with Gasteiger partial charge in [-0.15, -0.1) is 0 Å². The van der Waals surface area contributed by atoms with Gasteiger partial charge < -0.3 is 5.73 Å². The largest absolute Gasteiger partial charge is 0.369 e. The van der Waals surface area contributed by atoms with Crippen LogP contribution < -0.4 is 5.73 Å². The minimum absolute atomic E-state index is 0.0392. The molecule has 0 saturated carbocycles. The molecule has 1 amide bonds. The number of primary amides is 1. The van der Waals surface area contributed by atoms with E-state index in [1.165, 1.54) is 6.26 Å². The fourth-order valence-corrected chi connectivity index (χ4v) is 1.67. The highest BCUT2D eigenvalue weighted by molar-refractivity contribution is 7.90. The molecule has 0 aliphatic heterocycles. The standard InChI is InChI=1S/C9H20N2O3S/c1-9(2,3)11(7-8(10)12)5-6-15(4,13)14/h5-7H2,1-4H3,(H2,10,12). The van der Waals surface area contributed by atoms with Crippen molar-refractivity contribution in [2.45, 2.75) is 26.3 Å². The second-order valence-corrected chi connectivity index (χ2v) is 6.95. The highest BCUT2D eigenvalue weighted by Crippen LogP contribution is 2.12. The summed E-state index contributed by atoms with van der Waals surface area (Å²) in [5.41, 5.74) is 4.84. The Bertz CT molecular complexity index is 317. The van der Waals surface area contributed by atoms with Crippen LogP contribution in [0.15, 0.2) is 0 Å². The number of hydrogen-bond acceptors (Lipinski definition) is 4. The highest BCUT2D eigenvalue weighted by atomic mass is 32.2. The van der Waals surface area contributed by atoms with Crippen LogP contribution in [0.3, 0.4) is 0 Å². The average molecular weight is 236 g/mol. The maximum absolute atomic E-state index is 11.0. The van der Waals surface area contributed by atoms with Gasteiger partial charge in [0, 0.05) is 18.3 Å². The van der Waals surface area contributed by atoms with Crippen LogP contribution in [-0.2, 0) is 14.6 Å². The molecule has 5 nitrogen and oxygen atoms in total. The van der Waals surface area contributed by atoms with Crippen LogP contribution in [0.25, 0.3) is 0 Å². The van der Waals surface area contributed by atoms with Gasteiger partial charge in [-0.25, -0.2) is 8.42 Å². The molecular formula is C9H20N2O3S. The summed E-state index contributed by atoms with van der Waals surface area (Å²) in [6, 6.07) is 0. The molecule has 6 heteroatoms. The minimum Gasteiger partial charge on any atom is -0.369 e. The van der Waals surface area contributed by atoms with Gasteiger partial charge in [0.05, 0.1) is 12.3 Å². The Morgan fingerprint density at radius 3 is 2.07 bits per heavy atom.